The van der Waals surface area contributed by atoms with E-state index >= 15 is 0 Å². The lowest BCUT2D eigenvalue weighted by molar-refractivity contribution is 1.05. The number of hydrogen-bond donors (Lipinski definition) is 1. The average molecular weight is 786 g/mol. The fraction of sp³-hybridized carbons (Fsp3) is 0.0556. The lowest BCUT2D eigenvalue weighted by Crippen LogP contribution is -1.92. The highest BCUT2D eigenvalue weighted by atomic mass is 127. The third kappa shape index (κ3) is 3.55. The average Bonchev–Trinajstić information content (AvgIpc) is 3.56. The van der Waals surface area contributed by atoms with Gasteiger partial charge in [-0.05, 0) is 77.1 Å². The number of benzene rings is 7. The van der Waals surface area contributed by atoms with E-state index in [4.69, 9.17) is 0 Å². The van der Waals surface area contributed by atoms with Crippen molar-refractivity contribution in [3.05, 3.63) is 120 Å². The minimum absolute atomic E-state index is 0.880. The van der Waals surface area contributed by atoms with Crippen LogP contribution in [0.15, 0.2) is 107 Å². The smallest absolute Gasteiger partial charge is 0.0280 e. The van der Waals surface area contributed by atoms with E-state index in [2.05, 4.69) is 144 Å². The maximum absolute atomic E-state index is 4.02. The summed E-state index contributed by atoms with van der Waals surface area (Å²) in [4.78, 5) is 6.71. The molecule has 9 rings (SSSR count). The standard InChI is InChI=1S/C36H21I2NS2/c37-40-28-17-24-31-26(15-19-7-3-1-4-8-19)39-27(16-20-9-5-2-6-10-20)32(31)25-18-29(41-38)23-14-12-21-11-13-22(28)33-30(21)34(23)36(25)35(24)33/h1-14,17-18,39H,15-16H2. The molecule has 8 aromatic carbocycles. The van der Waals surface area contributed by atoms with Gasteiger partial charge in [0.15, 0.2) is 0 Å². The van der Waals surface area contributed by atoms with Gasteiger partial charge in [-0.3, -0.25) is 0 Å². The van der Waals surface area contributed by atoms with E-state index in [1.165, 1.54) is 96.9 Å². The SMILES string of the molecule is ISc1cc2c3c(Cc4ccccc4)[nH]c(Cc4ccccc4)c3c3cc(SI)c4ccc5ccc1c1c5c4c3c21. The van der Waals surface area contributed by atoms with Crippen LogP contribution in [0.5, 0.6) is 0 Å². The highest BCUT2D eigenvalue weighted by molar-refractivity contribution is 14.2. The van der Waals surface area contributed by atoms with Crippen LogP contribution in [-0.2, 0) is 12.8 Å². The lowest BCUT2D eigenvalue weighted by Gasteiger charge is -2.13. The van der Waals surface area contributed by atoms with Crippen LogP contribution >= 0.6 is 60.3 Å². The van der Waals surface area contributed by atoms with Crippen LogP contribution in [0.3, 0.4) is 0 Å². The molecule has 41 heavy (non-hydrogen) atoms. The molecular formula is C36H21I2NS2. The number of aromatic amines is 1. The summed E-state index contributed by atoms with van der Waals surface area (Å²) in [5.41, 5.74) is 5.29. The molecule has 0 radical (unpaired) electrons. The van der Waals surface area contributed by atoms with E-state index in [1.807, 2.05) is 17.9 Å². The van der Waals surface area contributed by atoms with E-state index in [9.17, 15) is 0 Å². The third-order valence-corrected chi connectivity index (χ3v) is 12.7. The quantitative estimate of drug-likeness (QED) is 0.133. The van der Waals surface area contributed by atoms with Crippen LogP contribution < -0.4 is 0 Å². The minimum atomic E-state index is 0.880. The number of H-pyrrole nitrogens is 1. The van der Waals surface area contributed by atoms with Crippen LogP contribution in [-0.4, -0.2) is 4.98 Å². The first-order chi connectivity index (χ1) is 20.2. The van der Waals surface area contributed by atoms with Gasteiger partial charge in [0, 0.05) is 87.2 Å². The molecule has 9 aromatic rings. The van der Waals surface area contributed by atoms with Gasteiger partial charge in [-0.2, -0.15) is 0 Å². The molecule has 0 unspecified atom stereocenters. The van der Waals surface area contributed by atoms with Crippen molar-refractivity contribution in [2.45, 2.75) is 22.6 Å². The second kappa shape index (κ2) is 9.53. The van der Waals surface area contributed by atoms with Crippen LogP contribution in [0.2, 0.25) is 0 Å². The molecule has 1 nitrogen and oxygen atoms in total. The molecular weight excluding hydrogens is 764 g/mol. The fourth-order valence-corrected chi connectivity index (χ4v) is 10.3. The summed E-state index contributed by atoms with van der Waals surface area (Å²) in [6.07, 6.45) is 1.76. The third-order valence-electron chi connectivity index (χ3n) is 8.86. The predicted molar refractivity (Wildman–Crippen MR) is 198 cm³/mol. The van der Waals surface area contributed by atoms with Gasteiger partial charge in [0.1, 0.15) is 0 Å². The molecule has 0 saturated carbocycles. The van der Waals surface area contributed by atoms with Crippen molar-refractivity contribution < 1.29 is 0 Å². The maximum atomic E-state index is 4.02. The Bertz CT molecular complexity index is 2220. The van der Waals surface area contributed by atoms with Gasteiger partial charge in [-0.25, -0.2) is 0 Å². The fourth-order valence-electron chi connectivity index (χ4n) is 7.29. The molecule has 0 saturated heterocycles. The number of hydrogen-bond acceptors (Lipinski definition) is 2. The van der Waals surface area contributed by atoms with Crippen LogP contribution in [0, 0.1) is 0 Å². The summed E-state index contributed by atoms with van der Waals surface area (Å²) in [6, 6.07) is 36.1. The second-order valence-electron chi connectivity index (χ2n) is 11.0. The first kappa shape index (κ1) is 25.1. The maximum Gasteiger partial charge on any atom is 0.0280 e. The summed E-state index contributed by atoms with van der Waals surface area (Å²) in [5.74, 6) is 0. The van der Waals surface area contributed by atoms with Crippen molar-refractivity contribution in [3.63, 3.8) is 0 Å². The Kier molecular flexibility index (Phi) is 5.83. The topological polar surface area (TPSA) is 15.8 Å². The number of halogens is 2. The monoisotopic (exact) mass is 785 g/mol. The molecule has 0 bridgehead atoms. The summed E-state index contributed by atoms with van der Waals surface area (Å²) >= 11 is 4.94. The van der Waals surface area contributed by atoms with Crippen molar-refractivity contribution in [2.75, 3.05) is 0 Å². The largest absolute Gasteiger partial charge is 0.361 e. The van der Waals surface area contributed by atoms with E-state index < -0.39 is 0 Å². The molecule has 0 aliphatic carbocycles. The van der Waals surface area contributed by atoms with Gasteiger partial charge in [-0.15, -0.1) is 0 Å². The van der Waals surface area contributed by atoms with E-state index in [0.717, 1.165) is 12.8 Å². The summed E-state index contributed by atoms with van der Waals surface area (Å²) in [7, 11) is 3.68. The van der Waals surface area contributed by atoms with Gasteiger partial charge in [-0.1, -0.05) is 103 Å². The Morgan fingerprint density at radius 2 is 0.902 bits per heavy atom. The van der Waals surface area contributed by atoms with E-state index in [1.54, 1.807) is 0 Å². The first-order valence-corrected chi connectivity index (χ1v) is 20.4. The Morgan fingerprint density at radius 1 is 0.463 bits per heavy atom. The number of aromatic nitrogens is 1. The van der Waals surface area contributed by atoms with Crippen LogP contribution in [0.1, 0.15) is 22.5 Å². The summed E-state index contributed by atoms with van der Waals surface area (Å²) < 4.78 is 0. The zero-order chi connectivity index (χ0) is 27.2. The van der Waals surface area contributed by atoms with Crippen molar-refractivity contribution in [1.82, 2.24) is 4.98 Å². The molecule has 0 aliphatic heterocycles. The Hall–Kier alpha value is -2.46. The molecule has 0 aliphatic rings. The molecule has 5 heteroatoms. The number of fused-ring (bicyclic) bond motifs is 3. The number of nitrogens with one attached hydrogen (secondary N) is 1. The molecule has 0 atom stereocenters. The van der Waals surface area contributed by atoms with Gasteiger partial charge in [0.05, 0.1) is 0 Å². The molecule has 1 aromatic heterocycles. The normalized spacial score (nSPS) is 12.5. The summed E-state index contributed by atoms with van der Waals surface area (Å²) in [6.45, 7) is 0. The molecule has 196 valence electrons. The first-order valence-electron chi connectivity index (χ1n) is 13.7. The van der Waals surface area contributed by atoms with E-state index in [-0.39, 0.29) is 0 Å². The van der Waals surface area contributed by atoms with Gasteiger partial charge < -0.3 is 4.98 Å². The predicted octanol–water partition coefficient (Wildman–Crippen LogP) is 12.3. The highest BCUT2D eigenvalue weighted by Gasteiger charge is 2.28. The Balaban J connectivity index is 1.53. The Morgan fingerprint density at radius 3 is 1.34 bits per heavy atom. The van der Waals surface area contributed by atoms with Crippen molar-refractivity contribution >= 4 is 125 Å². The van der Waals surface area contributed by atoms with Crippen molar-refractivity contribution in [2.24, 2.45) is 0 Å². The van der Waals surface area contributed by atoms with Gasteiger partial charge in [0.2, 0.25) is 0 Å². The molecule has 1 N–H and O–H groups in total. The van der Waals surface area contributed by atoms with Crippen LogP contribution in [0.4, 0.5) is 0 Å². The summed E-state index contributed by atoms with van der Waals surface area (Å²) in [5, 5.41) is 16.9. The van der Waals surface area contributed by atoms with Gasteiger partial charge in [0.25, 0.3) is 0 Å². The van der Waals surface area contributed by atoms with Crippen molar-refractivity contribution in [3.8, 4) is 0 Å². The molecule has 0 amide bonds. The second-order valence-corrected chi connectivity index (χ2v) is 14.8. The van der Waals surface area contributed by atoms with Crippen molar-refractivity contribution in [1.29, 1.82) is 0 Å². The Labute approximate surface area is 269 Å². The number of rotatable bonds is 6. The lowest BCUT2D eigenvalue weighted by atomic mass is 9.91. The minimum Gasteiger partial charge on any atom is -0.361 e. The van der Waals surface area contributed by atoms with E-state index in [0.29, 0.717) is 0 Å². The highest BCUT2D eigenvalue weighted by Crippen LogP contribution is 2.55. The van der Waals surface area contributed by atoms with Crippen LogP contribution in [0.25, 0.3) is 64.6 Å². The molecule has 1 heterocycles. The zero-order valence-electron chi connectivity index (χ0n) is 21.7. The zero-order valence-corrected chi connectivity index (χ0v) is 27.7. The molecule has 0 fully saturated rings. The molecule has 0 spiro atoms. The van der Waals surface area contributed by atoms with Gasteiger partial charge >= 0.3 is 0 Å².